The zero-order chi connectivity index (χ0) is 17.6. The molecule has 6 nitrogen and oxygen atoms in total. The van der Waals surface area contributed by atoms with E-state index < -0.39 is 5.82 Å². The molecule has 2 aromatic carbocycles. The Kier molecular flexibility index (Phi) is 3.93. The summed E-state index contributed by atoms with van der Waals surface area (Å²) in [5.41, 5.74) is 1.71. The molecule has 0 radical (unpaired) electrons. The Morgan fingerprint density at radius 1 is 1.32 bits per heavy atom. The van der Waals surface area contributed by atoms with Gasteiger partial charge in [-0.1, -0.05) is 15.9 Å². The third kappa shape index (κ3) is 2.67. The van der Waals surface area contributed by atoms with Crippen molar-refractivity contribution in [3.05, 3.63) is 56.7 Å². The fraction of sp³-hybridized carbons (Fsp3) is 0.176. The van der Waals surface area contributed by atoms with Crippen LogP contribution >= 0.6 is 15.9 Å². The van der Waals surface area contributed by atoms with Gasteiger partial charge >= 0.3 is 0 Å². The average Bonchev–Trinajstić information content (AvgIpc) is 2.85. The molecule has 1 N–H and O–H groups in total. The summed E-state index contributed by atoms with van der Waals surface area (Å²) in [6.07, 6.45) is 0. The fourth-order valence-electron chi connectivity index (χ4n) is 3.09. The van der Waals surface area contributed by atoms with Gasteiger partial charge in [0, 0.05) is 21.0 Å². The first-order chi connectivity index (χ1) is 12.1. The minimum atomic E-state index is -0.421. The number of halogens is 2. The van der Waals surface area contributed by atoms with Crippen molar-refractivity contribution in [1.82, 2.24) is 4.57 Å². The van der Waals surface area contributed by atoms with Crippen LogP contribution in [0.1, 0.15) is 11.1 Å². The molecule has 4 rings (SSSR count). The molecule has 25 heavy (non-hydrogen) atoms. The SMILES string of the molecule is O=Nc1c(O)n(Cc2cc(F)cc3c2OCOC3)c2ccc(Br)cc12. The highest BCUT2D eigenvalue weighted by Crippen LogP contribution is 2.41. The summed E-state index contributed by atoms with van der Waals surface area (Å²) in [5.74, 6) is -0.157. The van der Waals surface area contributed by atoms with Crippen molar-refractivity contribution >= 4 is 32.5 Å². The van der Waals surface area contributed by atoms with Gasteiger partial charge in [-0.05, 0) is 35.5 Å². The number of nitroso groups, excluding NO2 is 1. The number of rotatable bonds is 3. The highest BCUT2D eigenvalue weighted by molar-refractivity contribution is 9.10. The third-order valence-electron chi connectivity index (χ3n) is 4.14. The summed E-state index contributed by atoms with van der Waals surface area (Å²) < 4.78 is 26.9. The molecule has 1 aromatic heterocycles. The minimum Gasteiger partial charge on any atom is -0.493 e. The first kappa shape index (κ1) is 16.0. The lowest BCUT2D eigenvalue weighted by atomic mass is 10.1. The van der Waals surface area contributed by atoms with Crippen LogP contribution in [0.4, 0.5) is 10.1 Å². The lowest BCUT2D eigenvalue weighted by molar-refractivity contribution is -0.0173. The van der Waals surface area contributed by atoms with Gasteiger partial charge in [0.05, 0.1) is 18.7 Å². The Bertz CT molecular complexity index is 1000. The second kappa shape index (κ2) is 6.12. The van der Waals surface area contributed by atoms with Gasteiger partial charge in [0.25, 0.3) is 0 Å². The van der Waals surface area contributed by atoms with Crippen LogP contribution in [0.3, 0.4) is 0 Å². The quantitative estimate of drug-likeness (QED) is 0.646. The second-order valence-corrected chi connectivity index (χ2v) is 6.59. The first-order valence-corrected chi connectivity index (χ1v) is 8.23. The number of fused-ring (bicyclic) bond motifs is 2. The highest BCUT2D eigenvalue weighted by atomic mass is 79.9. The molecule has 128 valence electrons. The van der Waals surface area contributed by atoms with Crippen LogP contribution < -0.4 is 4.74 Å². The van der Waals surface area contributed by atoms with Crippen molar-refractivity contribution in [2.45, 2.75) is 13.2 Å². The Morgan fingerprint density at radius 3 is 2.96 bits per heavy atom. The number of nitrogens with zero attached hydrogens (tertiary/aromatic N) is 2. The second-order valence-electron chi connectivity index (χ2n) is 5.67. The number of ether oxygens (including phenoxy) is 2. The van der Waals surface area contributed by atoms with E-state index in [1.807, 2.05) is 0 Å². The van der Waals surface area contributed by atoms with Crippen LogP contribution in [0.5, 0.6) is 11.6 Å². The number of aromatic hydroxyl groups is 1. The van der Waals surface area contributed by atoms with Gasteiger partial charge in [0.15, 0.2) is 12.5 Å². The molecule has 0 aliphatic carbocycles. The molecular formula is C17H12BrFN2O4. The maximum atomic E-state index is 13.9. The summed E-state index contributed by atoms with van der Waals surface area (Å²) >= 11 is 3.34. The average molecular weight is 407 g/mol. The third-order valence-corrected chi connectivity index (χ3v) is 4.64. The maximum Gasteiger partial charge on any atom is 0.222 e. The molecule has 0 bridgehead atoms. The highest BCUT2D eigenvalue weighted by Gasteiger charge is 2.22. The molecule has 0 amide bonds. The van der Waals surface area contributed by atoms with Gasteiger partial charge < -0.3 is 19.1 Å². The molecule has 1 aliphatic rings. The van der Waals surface area contributed by atoms with E-state index in [2.05, 4.69) is 21.1 Å². The normalized spacial score (nSPS) is 13.5. The van der Waals surface area contributed by atoms with E-state index in [4.69, 9.17) is 9.47 Å². The van der Waals surface area contributed by atoms with Gasteiger partial charge in [0.2, 0.25) is 5.88 Å². The smallest absolute Gasteiger partial charge is 0.222 e. The summed E-state index contributed by atoms with van der Waals surface area (Å²) in [5, 5.41) is 13.9. The molecule has 0 unspecified atom stereocenters. The molecule has 2 heterocycles. The topological polar surface area (TPSA) is 73.0 Å². The van der Waals surface area contributed by atoms with Crippen LogP contribution in [-0.2, 0) is 17.9 Å². The zero-order valence-electron chi connectivity index (χ0n) is 12.8. The Hall–Kier alpha value is -2.45. The first-order valence-electron chi connectivity index (χ1n) is 7.44. The van der Waals surface area contributed by atoms with E-state index in [-0.39, 0.29) is 31.5 Å². The van der Waals surface area contributed by atoms with Gasteiger partial charge in [0.1, 0.15) is 11.6 Å². The van der Waals surface area contributed by atoms with Crippen LogP contribution in [0, 0.1) is 10.7 Å². The van der Waals surface area contributed by atoms with Gasteiger partial charge in [-0.15, -0.1) is 4.91 Å². The zero-order valence-corrected chi connectivity index (χ0v) is 14.4. The molecule has 1 aliphatic heterocycles. The molecule has 0 saturated carbocycles. The molecular weight excluding hydrogens is 395 g/mol. The lowest BCUT2D eigenvalue weighted by Crippen LogP contribution is -2.14. The van der Waals surface area contributed by atoms with E-state index >= 15 is 0 Å². The van der Waals surface area contributed by atoms with Crippen molar-refractivity contribution in [3.8, 4) is 11.6 Å². The van der Waals surface area contributed by atoms with Crippen LogP contribution in [-0.4, -0.2) is 16.5 Å². The standard InChI is InChI=1S/C17H12BrFN2O4/c18-11-1-2-14-13(5-11)15(20-23)17(22)21(14)6-9-3-12(19)4-10-7-24-8-25-16(9)10/h1-5,22H,6-8H2. The van der Waals surface area contributed by atoms with Crippen molar-refractivity contribution in [2.24, 2.45) is 5.18 Å². The summed E-state index contributed by atoms with van der Waals surface area (Å²) in [4.78, 5) is 11.2. The van der Waals surface area contributed by atoms with Crippen molar-refractivity contribution in [2.75, 3.05) is 6.79 Å². The van der Waals surface area contributed by atoms with Crippen molar-refractivity contribution < 1.29 is 19.0 Å². The fourth-order valence-corrected chi connectivity index (χ4v) is 3.45. The number of hydrogen-bond donors (Lipinski definition) is 1. The van der Waals surface area contributed by atoms with Crippen LogP contribution in [0.25, 0.3) is 10.9 Å². The summed E-state index contributed by atoms with van der Waals surface area (Å²) in [6, 6.07) is 7.96. The summed E-state index contributed by atoms with van der Waals surface area (Å²) in [6.45, 7) is 0.463. The largest absolute Gasteiger partial charge is 0.493 e. The van der Waals surface area contributed by atoms with E-state index in [0.29, 0.717) is 27.8 Å². The molecule has 0 saturated heterocycles. The van der Waals surface area contributed by atoms with E-state index in [1.165, 1.54) is 16.7 Å². The molecule has 3 aromatic rings. The van der Waals surface area contributed by atoms with E-state index in [9.17, 15) is 14.4 Å². The monoisotopic (exact) mass is 406 g/mol. The predicted octanol–water partition coefficient (Wildman–Crippen LogP) is 4.56. The van der Waals surface area contributed by atoms with E-state index in [0.717, 1.165) is 4.47 Å². The Balaban J connectivity index is 1.89. The van der Waals surface area contributed by atoms with Crippen LogP contribution in [0.2, 0.25) is 0 Å². The molecule has 0 fully saturated rings. The number of hydrogen-bond acceptors (Lipinski definition) is 5. The lowest BCUT2D eigenvalue weighted by Gasteiger charge is -2.21. The van der Waals surface area contributed by atoms with E-state index in [1.54, 1.807) is 18.2 Å². The van der Waals surface area contributed by atoms with Gasteiger partial charge in [-0.2, -0.15) is 0 Å². The van der Waals surface area contributed by atoms with Gasteiger partial charge in [-0.25, -0.2) is 4.39 Å². The summed E-state index contributed by atoms with van der Waals surface area (Å²) in [7, 11) is 0. The molecule has 0 atom stereocenters. The minimum absolute atomic E-state index is 0.0502. The predicted molar refractivity (Wildman–Crippen MR) is 92.5 cm³/mol. The number of benzene rings is 2. The van der Waals surface area contributed by atoms with Crippen molar-refractivity contribution in [3.63, 3.8) is 0 Å². The van der Waals surface area contributed by atoms with Crippen LogP contribution in [0.15, 0.2) is 40.0 Å². The Labute approximate surface area is 149 Å². The number of aromatic nitrogens is 1. The maximum absolute atomic E-state index is 13.9. The molecule has 0 spiro atoms. The Morgan fingerprint density at radius 2 is 2.16 bits per heavy atom. The molecule has 8 heteroatoms. The van der Waals surface area contributed by atoms with Crippen molar-refractivity contribution in [1.29, 1.82) is 0 Å². The van der Waals surface area contributed by atoms with Gasteiger partial charge in [-0.3, -0.25) is 0 Å².